The predicted octanol–water partition coefficient (Wildman–Crippen LogP) is 2.80. The molecule has 4 N–H and O–H groups in total. The molecule has 1 aliphatic rings. The van der Waals surface area contributed by atoms with E-state index in [0.717, 1.165) is 59.7 Å². The van der Waals surface area contributed by atoms with Crippen LogP contribution in [0.15, 0.2) is 60.8 Å². The smallest absolute Gasteiger partial charge is 0.180 e. The summed E-state index contributed by atoms with van der Waals surface area (Å²) in [5.74, 6) is 1.22. The van der Waals surface area contributed by atoms with Crippen LogP contribution >= 0.6 is 0 Å². The Hall–Kier alpha value is -3.45. The van der Waals surface area contributed by atoms with Gasteiger partial charge in [-0.1, -0.05) is 30.3 Å². The molecule has 4 heterocycles. The van der Waals surface area contributed by atoms with Crippen LogP contribution in [0.25, 0.3) is 33.8 Å². The standard InChI is InChI=1S/C22H23N7/c23-16-10-13-28(14-11-16)29-21(17-7-4-12-25-20(17)24)27-19-9-8-18(26-22(19)29)15-5-2-1-3-6-15/h1-9,12,16H,10-11,13-14,23H2,(H2,24,25). The molecule has 0 bridgehead atoms. The monoisotopic (exact) mass is 385 g/mol. The first-order valence-electron chi connectivity index (χ1n) is 9.87. The second-order valence-corrected chi connectivity index (χ2v) is 7.38. The quantitative estimate of drug-likeness (QED) is 0.563. The number of rotatable bonds is 3. The molecule has 0 radical (unpaired) electrons. The van der Waals surface area contributed by atoms with Crippen molar-refractivity contribution in [3.63, 3.8) is 0 Å². The van der Waals surface area contributed by atoms with Gasteiger partial charge in [0.25, 0.3) is 0 Å². The molecule has 0 saturated carbocycles. The number of hydrogen-bond acceptors (Lipinski definition) is 6. The van der Waals surface area contributed by atoms with Gasteiger partial charge in [-0.3, -0.25) is 0 Å². The van der Waals surface area contributed by atoms with E-state index in [1.165, 1.54) is 0 Å². The van der Waals surface area contributed by atoms with Crippen LogP contribution in [0, 0.1) is 0 Å². The second kappa shape index (κ2) is 7.18. The van der Waals surface area contributed by atoms with Crippen molar-refractivity contribution in [2.45, 2.75) is 18.9 Å². The zero-order valence-electron chi connectivity index (χ0n) is 16.1. The first-order chi connectivity index (χ1) is 14.2. The fraction of sp³-hybridized carbons (Fsp3) is 0.227. The lowest BCUT2D eigenvalue weighted by Gasteiger charge is -2.33. The summed E-state index contributed by atoms with van der Waals surface area (Å²) >= 11 is 0. The van der Waals surface area contributed by atoms with E-state index in [1.54, 1.807) is 6.20 Å². The molecular formula is C22H23N7. The maximum Gasteiger partial charge on any atom is 0.180 e. The predicted molar refractivity (Wildman–Crippen MR) is 116 cm³/mol. The van der Waals surface area contributed by atoms with E-state index < -0.39 is 0 Å². The first-order valence-corrected chi connectivity index (χ1v) is 9.87. The summed E-state index contributed by atoms with van der Waals surface area (Å²) in [5, 5.41) is 2.27. The molecular weight excluding hydrogens is 362 g/mol. The van der Waals surface area contributed by atoms with Gasteiger partial charge in [0.2, 0.25) is 0 Å². The normalized spacial score (nSPS) is 15.1. The fourth-order valence-electron chi connectivity index (χ4n) is 3.85. The lowest BCUT2D eigenvalue weighted by molar-refractivity contribution is 0.439. The minimum Gasteiger partial charge on any atom is -0.383 e. The second-order valence-electron chi connectivity index (χ2n) is 7.38. The minimum absolute atomic E-state index is 0.237. The van der Waals surface area contributed by atoms with Gasteiger partial charge in [0.05, 0.1) is 11.3 Å². The van der Waals surface area contributed by atoms with E-state index in [0.29, 0.717) is 5.82 Å². The third-order valence-electron chi connectivity index (χ3n) is 5.43. The molecule has 0 spiro atoms. The molecule has 4 aromatic rings. The average molecular weight is 385 g/mol. The van der Waals surface area contributed by atoms with Crippen LogP contribution in [-0.2, 0) is 0 Å². The number of anilines is 1. The number of nitrogen functional groups attached to an aromatic ring is 1. The van der Waals surface area contributed by atoms with E-state index in [4.69, 9.17) is 21.4 Å². The van der Waals surface area contributed by atoms with Gasteiger partial charge in [0, 0.05) is 30.9 Å². The van der Waals surface area contributed by atoms with Crippen molar-refractivity contribution >= 4 is 17.0 Å². The van der Waals surface area contributed by atoms with Crippen molar-refractivity contribution in [3.05, 3.63) is 60.8 Å². The number of imidazole rings is 1. The summed E-state index contributed by atoms with van der Waals surface area (Å²) < 4.78 is 2.10. The highest BCUT2D eigenvalue weighted by Gasteiger charge is 2.24. The topological polar surface area (TPSA) is 98.9 Å². The highest BCUT2D eigenvalue weighted by molar-refractivity contribution is 5.82. The van der Waals surface area contributed by atoms with Gasteiger partial charge in [-0.05, 0) is 37.1 Å². The Labute approximate surface area is 169 Å². The summed E-state index contributed by atoms with van der Waals surface area (Å²) in [5.41, 5.74) is 16.8. The number of benzene rings is 1. The molecule has 5 rings (SSSR count). The van der Waals surface area contributed by atoms with Gasteiger partial charge in [-0.25, -0.2) is 19.6 Å². The number of nitrogens with two attached hydrogens (primary N) is 2. The van der Waals surface area contributed by atoms with Crippen LogP contribution in [0.2, 0.25) is 0 Å². The van der Waals surface area contributed by atoms with Crippen LogP contribution in [0.5, 0.6) is 0 Å². The number of fused-ring (bicyclic) bond motifs is 1. The largest absolute Gasteiger partial charge is 0.383 e. The van der Waals surface area contributed by atoms with Crippen LogP contribution in [-0.4, -0.2) is 38.8 Å². The minimum atomic E-state index is 0.237. The van der Waals surface area contributed by atoms with Crippen molar-refractivity contribution in [2.24, 2.45) is 5.73 Å². The summed E-state index contributed by atoms with van der Waals surface area (Å²) in [6.07, 6.45) is 3.55. The fourth-order valence-corrected chi connectivity index (χ4v) is 3.85. The van der Waals surface area contributed by atoms with E-state index in [9.17, 15) is 0 Å². The maximum atomic E-state index is 6.19. The average Bonchev–Trinajstić information content (AvgIpc) is 3.14. The van der Waals surface area contributed by atoms with E-state index in [2.05, 4.69) is 26.8 Å². The molecule has 7 nitrogen and oxygen atoms in total. The lowest BCUT2D eigenvalue weighted by atomic mass is 10.1. The van der Waals surface area contributed by atoms with Crippen molar-refractivity contribution in [3.8, 4) is 22.6 Å². The number of hydrogen-bond donors (Lipinski definition) is 2. The number of pyridine rings is 2. The molecule has 29 heavy (non-hydrogen) atoms. The van der Waals surface area contributed by atoms with Gasteiger partial charge in [0.1, 0.15) is 11.3 Å². The molecule has 146 valence electrons. The highest BCUT2D eigenvalue weighted by Crippen LogP contribution is 2.29. The molecule has 7 heteroatoms. The molecule has 1 aliphatic heterocycles. The van der Waals surface area contributed by atoms with E-state index in [1.807, 2.05) is 42.5 Å². The van der Waals surface area contributed by atoms with Gasteiger partial charge >= 0.3 is 0 Å². The van der Waals surface area contributed by atoms with Crippen molar-refractivity contribution < 1.29 is 0 Å². The molecule has 0 atom stereocenters. The Morgan fingerprint density at radius 1 is 0.897 bits per heavy atom. The van der Waals surface area contributed by atoms with Gasteiger partial charge in [-0.15, -0.1) is 0 Å². The zero-order chi connectivity index (χ0) is 19.8. The summed E-state index contributed by atoms with van der Waals surface area (Å²) in [6.45, 7) is 1.69. The van der Waals surface area contributed by atoms with Crippen LogP contribution in [0.4, 0.5) is 5.82 Å². The van der Waals surface area contributed by atoms with E-state index in [-0.39, 0.29) is 6.04 Å². The first kappa shape index (κ1) is 17.6. The number of aromatic nitrogens is 4. The summed E-state index contributed by atoms with van der Waals surface area (Å²) in [7, 11) is 0. The van der Waals surface area contributed by atoms with Gasteiger partial charge in [-0.2, -0.15) is 0 Å². The lowest BCUT2D eigenvalue weighted by Crippen LogP contribution is -2.45. The van der Waals surface area contributed by atoms with Crippen LogP contribution in [0.1, 0.15) is 12.8 Å². The Morgan fingerprint density at radius 2 is 1.69 bits per heavy atom. The number of piperidine rings is 1. The van der Waals surface area contributed by atoms with Gasteiger partial charge in [0.15, 0.2) is 11.5 Å². The van der Waals surface area contributed by atoms with Crippen molar-refractivity contribution in [1.29, 1.82) is 0 Å². The highest BCUT2D eigenvalue weighted by atomic mass is 15.6. The molecule has 1 aromatic carbocycles. The maximum absolute atomic E-state index is 6.19. The molecule has 0 amide bonds. The van der Waals surface area contributed by atoms with Crippen LogP contribution in [0.3, 0.4) is 0 Å². The van der Waals surface area contributed by atoms with Crippen molar-refractivity contribution in [1.82, 2.24) is 19.6 Å². The Bertz CT molecular complexity index is 1140. The number of nitrogens with zero attached hydrogens (tertiary/aromatic N) is 5. The van der Waals surface area contributed by atoms with Gasteiger partial charge < -0.3 is 16.5 Å². The Balaban J connectivity index is 1.71. The molecule has 1 saturated heterocycles. The summed E-state index contributed by atoms with van der Waals surface area (Å²) in [4.78, 5) is 14.1. The zero-order valence-corrected chi connectivity index (χ0v) is 16.1. The third-order valence-corrected chi connectivity index (χ3v) is 5.43. The molecule has 3 aromatic heterocycles. The molecule has 0 unspecified atom stereocenters. The van der Waals surface area contributed by atoms with Crippen molar-refractivity contribution in [2.75, 3.05) is 23.8 Å². The Morgan fingerprint density at radius 3 is 2.45 bits per heavy atom. The Kier molecular flexibility index (Phi) is 4.37. The van der Waals surface area contributed by atoms with E-state index >= 15 is 0 Å². The van der Waals surface area contributed by atoms with Crippen LogP contribution < -0.4 is 16.5 Å². The third kappa shape index (κ3) is 3.19. The summed E-state index contributed by atoms with van der Waals surface area (Å²) in [6, 6.07) is 18.3. The molecule has 0 aliphatic carbocycles. The molecule has 1 fully saturated rings. The SMILES string of the molecule is Nc1ncccc1-c1nc2ccc(-c3ccccc3)nc2n1N1CCC(N)CC1.